The fourth-order valence-electron chi connectivity index (χ4n) is 1.52. The van der Waals surface area contributed by atoms with Gasteiger partial charge >= 0.3 is 0 Å². The third-order valence-corrected chi connectivity index (χ3v) is 3.88. The Hall–Kier alpha value is -2.13. The van der Waals surface area contributed by atoms with Gasteiger partial charge in [0.05, 0.1) is 5.69 Å². The molecule has 1 aromatic carbocycles. The molecule has 21 heavy (non-hydrogen) atoms. The summed E-state index contributed by atoms with van der Waals surface area (Å²) in [6, 6.07) is 6.16. The van der Waals surface area contributed by atoms with Crippen LogP contribution < -0.4 is 21.9 Å². The molecule has 0 aliphatic rings. The van der Waals surface area contributed by atoms with Crippen LogP contribution in [-0.2, 0) is 10.0 Å². The van der Waals surface area contributed by atoms with Crippen LogP contribution in [0.5, 0.6) is 0 Å². The van der Waals surface area contributed by atoms with E-state index in [0.29, 0.717) is 0 Å². The molecule has 0 amide bonds. The molecule has 0 heterocycles. The number of sulfonamides is 1. The molecule has 0 unspecified atom stereocenters. The third kappa shape index (κ3) is 5.40. The summed E-state index contributed by atoms with van der Waals surface area (Å²) in [4.78, 5) is 7.47. The van der Waals surface area contributed by atoms with Crippen molar-refractivity contribution < 1.29 is 8.42 Å². The van der Waals surface area contributed by atoms with E-state index in [4.69, 9.17) is 17.2 Å². The summed E-state index contributed by atoms with van der Waals surface area (Å²) in [5.74, 6) is -0.488. The lowest BCUT2D eigenvalue weighted by atomic mass is 10.1. The highest BCUT2D eigenvalue weighted by molar-refractivity contribution is 7.89. The van der Waals surface area contributed by atoms with Crippen molar-refractivity contribution in [2.75, 3.05) is 0 Å². The summed E-state index contributed by atoms with van der Waals surface area (Å²) in [5.41, 5.74) is 15.4. The lowest BCUT2D eigenvalue weighted by molar-refractivity contribution is 0.491. The summed E-state index contributed by atoms with van der Waals surface area (Å²) >= 11 is 0. The molecule has 116 valence electrons. The van der Waals surface area contributed by atoms with E-state index in [2.05, 4.69) is 14.7 Å². The second-order valence-corrected chi connectivity index (χ2v) is 6.98. The van der Waals surface area contributed by atoms with Crippen LogP contribution in [0.1, 0.15) is 20.8 Å². The average Bonchev–Trinajstić information content (AvgIpc) is 2.24. The fraction of sp³-hybridized carbons (Fsp3) is 0.333. The SMILES string of the molecule is CC(C)(C)NS(=O)(=O)c1ccccc1N=C(N)N=C(N)N. The standard InChI is InChI=1S/C12H20N6O2S/c1-12(2,3)18-21(19,20)9-7-5-4-6-8(9)16-11(15)17-10(13)14/h4-7,18H,1-3H3,(H6,13,14,15,16,17). The van der Waals surface area contributed by atoms with Crippen LogP contribution in [-0.4, -0.2) is 25.9 Å². The maximum atomic E-state index is 12.4. The zero-order valence-corrected chi connectivity index (χ0v) is 13.0. The molecule has 0 atom stereocenters. The second-order valence-electron chi connectivity index (χ2n) is 5.33. The van der Waals surface area contributed by atoms with E-state index in [1.54, 1.807) is 32.9 Å². The first-order valence-electron chi connectivity index (χ1n) is 6.08. The molecular weight excluding hydrogens is 292 g/mol. The number of nitrogens with one attached hydrogen (secondary N) is 1. The number of hydrogen-bond donors (Lipinski definition) is 4. The number of nitrogens with zero attached hydrogens (tertiary/aromatic N) is 2. The molecule has 0 spiro atoms. The Labute approximate surface area is 124 Å². The Morgan fingerprint density at radius 3 is 2.24 bits per heavy atom. The predicted molar refractivity (Wildman–Crippen MR) is 83.6 cm³/mol. The van der Waals surface area contributed by atoms with Crippen molar-refractivity contribution in [3.8, 4) is 0 Å². The monoisotopic (exact) mass is 312 g/mol. The summed E-state index contributed by atoms with van der Waals surface area (Å²) in [7, 11) is -3.75. The van der Waals surface area contributed by atoms with Gasteiger partial charge in [-0.1, -0.05) is 12.1 Å². The molecule has 0 saturated heterocycles. The van der Waals surface area contributed by atoms with E-state index >= 15 is 0 Å². The molecule has 8 nitrogen and oxygen atoms in total. The molecule has 0 bridgehead atoms. The largest absolute Gasteiger partial charge is 0.370 e. The first kappa shape index (κ1) is 16.9. The molecule has 0 aliphatic heterocycles. The van der Waals surface area contributed by atoms with E-state index < -0.39 is 15.6 Å². The predicted octanol–water partition coefficient (Wildman–Crippen LogP) is -0.0170. The Kier molecular flexibility index (Phi) is 4.92. The zero-order valence-electron chi connectivity index (χ0n) is 12.2. The summed E-state index contributed by atoms with van der Waals surface area (Å²) < 4.78 is 27.3. The van der Waals surface area contributed by atoms with Gasteiger partial charge < -0.3 is 17.2 Å². The van der Waals surface area contributed by atoms with Crippen molar-refractivity contribution in [2.24, 2.45) is 27.2 Å². The van der Waals surface area contributed by atoms with Crippen molar-refractivity contribution >= 4 is 27.6 Å². The van der Waals surface area contributed by atoms with Gasteiger partial charge in [-0.15, -0.1) is 0 Å². The van der Waals surface area contributed by atoms with E-state index in [1.807, 2.05) is 0 Å². The molecule has 0 saturated carbocycles. The van der Waals surface area contributed by atoms with Gasteiger partial charge in [0.15, 0.2) is 5.96 Å². The van der Waals surface area contributed by atoms with Gasteiger partial charge in [0.25, 0.3) is 0 Å². The first-order chi connectivity index (χ1) is 9.51. The number of aliphatic imine (C=N–C) groups is 2. The Morgan fingerprint density at radius 2 is 1.71 bits per heavy atom. The number of benzene rings is 1. The zero-order chi connectivity index (χ0) is 16.3. The topological polar surface area (TPSA) is 149 Å². The molecule has 1 aromatic rings. The number of nitrogens with two attached hydrogens (primary N) is 3. The van der Waals surface area contributed by atoms with Crippen molar-refractivity contribution in [2.45, 2.75) is 31.2 Å². The van der Waals surface area contributed by atoms with Crippen LogP contribution in [0.2, 0.25) is 0 Å². The number of para-hydroxylation sites is 1. The highest BCUT2D eigenvalue weighted by Crippen LogP contribution is 2.24. The van der Waals surface area contributed by atoms with Crippen LogP contribution >= 0.6 is 0 Å². The van der Waals surface area contributed by atoms with Crippen LogP contribution in [0.3, 0.4) is 0 Å². The van der Waals surface area contributed by atoms with Gasteiger partial charge in [0, 0.05) is 5.54 Å². The minimum atomic E-state index is -3.75. The van der Waals surface area contributed by atoms with Gasteiger partial charge in [0.2, 0.25) is 16.0 Å². The smallest absolute Gasteiger partial charge is 0.243 e. The van der Waals surface area contributed by atoms with Crippen molar-refractivity contribution in [3.63, 3.8) is 0 Å². The normalized spacial score (nSPS) is 13.0. The molecule has 0 aliphatic carbocycles. The Morgan fingerprint density at radius 1 is 1.14 bits per heavy atom. The van der Waals surface area contributed by atoms with Gasteiger partial charge in [-0.2, -0.15) is 4.99 Å². The molecular formula is C12H20N6O2S. The summed E-state index contributed by atoms with van der Waals surface area (Å²) in [6.07, 6.45) is 0. The molecule has 0 radical (unpaired) electrons. The lowest BCUT2D eigenvalue weighted by Gasteiger charge is -2.20. The van der Waals surface area contributed by atoms with E-state index in [1.165, 1.54) is 12.1 Å². The minimum absolute atomic E-state index is 0.00586. The highest BCUT2D eigenvalue weighted by Gasteiger charge is 2.24. The molecule has 1 rings (SSSR count). The van der Waals surface area contributed by atoms with Gasteiger partial charge in [0.1, 0.15) is 4.90 Å². The maximum absolute atomic E-state index is 12.4. The van der Waals surface area contributed by atoms with E-state index in [-0.39, 0.29) is 22.5 Å². The van der Waals surface area contributed by atoms with E-state index in [0.717, 1.165) is 0 Å². The maximum Gasteiger partial charge on any atom is 0.243 e. The number of guanidine groups is 2. The third-order valence-electron chi connectivity index (χ3n) is 2.07. The molecule has 0 fully saturated rings. The van der Waals surface area contributed by atoms with Crippen molar-refractivity contribution in [1.82, 2.24) is 4.72 Å². The highest BCUT2D eigenvalue weighted by atomic mass is 32.2. The summed E-state index contributed by atoms with van der Waals surface area (Å²) in [6.45, 7) is 5.22. The first-order valence-corrected chi connectivity index (χ1v) is 7.56. The average molecular weight is 312 g/mol. The number of hydrogen-bond acceptors (Lipinski definition) is 3. The van der Waals surface area contributed by atoms with Crippen molar-refractivity contribution in [1.29, 1.82) is 0 Å². The van der Waals surface area contributed by atoms with Gasteiger partial charge in [-0.25, -0.2) is 18.1 Å². The van der Waals surface area contributed by atoms with Gasteiger partial charge in [-0.05, 0) is 32.9 Å². The minimum Gasteiger partial charge on any atom is -0.370 e. The van der Waals surface area contributed by atoms with Crippen LogP contribution in [0.4, 0.5) is 5.69 Å². The lowest BCUT2D eigenvalue weighted by Crippen LogP contribution is -2.40. The number of rotatable bonds is 3. The van der Waals surface area contributed by atoms with Gasteiger partial charge in [-0.3, -0.25) is 0 Å². The molecule has 7 N–H and O–H groups in total. The van der Waals surface area contributed by atoms with Crippen LogP contribution in [0.25, 0.3) is 0 Å². The Balaban J connectivity index is 3.32. The molecule has 9 heteroatoms. The quantitative estimate of drug-likeness (QED) is 0.457. The fourth-order valence-corrected chi connectivity index (χ4v) is 3.08. The summed E-state index contributed by atoms with van der Waals surface area (Å²) in [5, 5.41) is 0. The van der Waals surface area contributed by atoms with Crippen LogP contribution in [0, 0.1) is 0 Å². The Bertz CT molecular complexity index is 669. The van der Waals surface area contributed by atoms with E-state index in [9.17, 15) is 8.42 Å². The van der Waals surface area contributed by atoms with Crippen LogP contribution in [0.15, 0.2) is 39.1 Å². The molecule has 0 aromatic heterocycles. The second kappa shape index (κ2) is 6.10. The van der Waals surface area contributed by atoms with Crippen molar-refractivity contribution in [3.05, 3.63) is 24.3 Å².